The van der Waals surface area contributed by atoms with E-state index in [0.29, 0.717) is 21.8 Å². The summed E-state index contributed by atoms with van der Waals surface area (Å²) in [5.74, 6) is 0.661. The normalized spacial score (nSPS) is 12.6. The van der Waals surface area contributed by atoms with Gasteiger partial charge in [0, 0.05) is 18.2 Å². The van der Waals surface area contributed by atoms with Crippen molar-refractivity contribution in [3.8, 4) is 0 Å². The molecule has 3 aromatic rings. The zero-order valence-electron chi connectivity index (χ0n) is 12.2. The monoisotopic (exact) mass is 333 g/mol. The zero-order chi connectivity index (χ0) is 15.5. The van der Waals surface area contributed by atoms with Gasteiger partial charge in [0.1, 0.15) is 11.1 Å². The molecule has 0 bridgehead atoms. The van der Waals surface area contributed by atoms with E-state index in [1.54, 1.807) is 24.5 Å². The van der Waals surface area contributed by atoms with Gasteiger partial charge >= 0.3 is 0 Å². The molecule has 1 N–H and O–H groups in total. The van der Waals surface area contributed by atoms with Crippen LogP contribution in [0.3, 0.4) is 0 Å². The second kappa shape index (κ2) is 6.60. The van der Waals surface area contributed by atoms with Crippen LogP contribution in [0.25, 0.3) is 10.9 Å². The third-order valence-electron chi connectivity index (χ3n) is 3.22. The molecule has 0 amide bonds. The first-order chi connectivity index (χ1) is 10.7. The van der Waals surface area contributed by atoms with Crippen molar-refractivity contribution in [3.05, 3.63) is 50.7 Å². The zero-order valence-corrected chi connectivity index (χ0v) is 13.8. The average Bonchev–Trinajstić information content (AvgIpc) is 3.01. The number of nitrogens with one attached hydrogen (secondary N) is 1. The molecule has 1 atom stereocenters. The fourth-order valence-corrected chi connectivity index (χ4v) is 3.67. The number of aromatic amines is 1. The number of fused-ring (bicyclic) bond motifs is 1. The highest BCUT2D eigenvalue weighted by molar-refractivity contribution is 7.98. The fourth-order valence-electron chi connectivity index (χ4n) is 1.95. The Balaban J connectivity index is 1.76. The van der Waals surface area contributed by atoms with E-state index < -0.39 is 0 Å². The highest BCUT2D eigenvalue weighted by Crippen LogP contribution is 2.24. The smallest absolute Gasteiger partial charge is 0.259 e. The summed E-state index contributed by atoms with van der Waals surface area (Å²) in [5, 5.41) is 4.18. The van der Waals surface area contributed by atoms with Crippen LogP contribution in [0.15, 0.2) is 39.6 Å². The molecule has 0 saturated carbocycles. The molecule has 0 spiro atoms. The molecule has 0 aliphatic carbocycles. The fraction of sp³-hybridized carbons (Fsp3) is 0.267. The van der Waals surface area contributed by atoms with E-state index in [1.165, 1.54) is 11.8 Å². The van der Waals surface area contributed by atoms with Gasteiger partial charge in [-0.25, -0.2) is 9.97 Å². The lowest BCUT2D eigenvalue weighted by atomic mass is 10.2. The Kier molecular flexibility index (Phi) is 4.56. The van der Waals surface area contributed by atoms with E-state index in [0.717, 1.165) is 10.7 Å². The van der Waals surface area contributed by atoms with Crippen molar-refractivity contribution < 1.29 is 4.74 Å². The third kappa shape index (κ3) is 3.21. The molecule has 0 aliphatic heterocycles. The number of rotatable bonds is 5. The maximum atomic E-state index is 12.0. The Labute approximate surface area is 135 Å². The average molecular weight is 333 g/mol. The molecule has 3 rings (SSSR count). The van der Waals surface area contributed by atoms with E-state index in [2.05, 4.69) is 15.0 Å². The molecule has 5 nitrogen and oxygen atoms in total. The molecule has 114 valence electrons. The molecule has 0 aliphatic rings. The van der Waals surface area contributed by atoms with Crippen LogP contribution >= 0.6 is 23.1 Å². The number of benzene rings is 1. The van der Waals surface area contributed by atoms with Gasteiger partial charge in [-0.2, -0.15) is 0 Å². The van der Waals surface area contributed by atoms with E-state index in [4.69, 9.17) is 4.74 Å². The summed E-state index contributed by atoms with van der Waals surface area (Å²) < 4.78 is 5.26. The van der Waals surface area contributed by atoms with Crippen LogP contribution in [0.1, 0.15) is 23.7 Å². The number of para-hydroxylation sites is 1. The number of aromatic nitrogens is 3. The van der Waals surface area contributed by atoms with Gasteiger partial charge in [-0.1, -0.05) is 23.9 Å². The van der Waals surface area contributed by atoms with Crippen LogP contribution in [0.5, 0.6) is 0 Å². The van der Waals surface area contributed by atoms with E-state index in [-0.39, 0.29) is 11.7 Å². The summed E-state index contributed by atoms with van der Waals surface area (Å²) in [4.78, 5) is 23.8. The van der Waals surface area contributed by atoms with Gasteiger partial charge in [0.15, 0.2) is 5.16 Å². The molecule has 0 saturated heterocycles. The van der Waals surface area contributed by atoms with Crippen molar-refractivity contribution in [2.75, 3.05) is 7.11 Å². The van der Waals surface area contributed by atoms with Gasteiger partial charge in [-0.15, -0.1) is 11.3 Å². The summed E-state index contributed by atoms with van der Waals surface area (Å²) in [6.07, 6.45) is 0.00218. The van der Waals surface area contributed by atoms with E-state index in [1.807, 2.05) is 30.5 Å². The minimum Gasteiger partial charge on any atom is -0.375 e. The first kappa shape index (κ1) is 15.2. The van der Waals surface area contributed by atoms with Gasteiger partial charge in [0.25, 0.3) is 5.56 Å². The standard InChI is InChI=1S/C15H15N3O2S2/c1-9(20-2)14-16-10(7-21-14)8-22-15-17-12-6-4-3-5-11(12)13(19)18-15/h3-7,9H,8H2,1-2H3,(H,17,18,19)/t9-/m1/s1. The highest BCUT2D eigenvalue weighted by Gasteiger charge is 2.10. The third-order valence-corrected chi connectivity index (χ3v) is 5.18. The van der Waals surface area contributed by atoms with Crippen molar-refractivity contribution >= 4 is 34.0 Å². The van der Waals surface area contributed by atoms with Crippen molar-refractivity contribution in [2.45, 2.75) is 23.9 Å². The number of hydrogen-bond acceptors (Lipinski definition) is 6. The molecule has 1 aromatic carbocycles. The minimum atomic E-state index is -0.111. The topological polar surface area (TPSA) is 67.9 Å². The molecule has 2 aromatic heterocycles. The van der Waals surface area contributed by atoms with Crippen LogP contribution < -0.4 is 5.56 Å². The van der Waals surface area contributed by atoms with Gasteiger partial charge < -0.3 is 9.72 Å². The maximum absolute atomic E-state index is 12.0. The molecule has 2 heterocycles. The summed E-state index contributed by atoms with van der Waals surface area (Å²) in [5.41, 5.74) is 1.56. The SMILES string of the molecule is CO[C@H](C)c1nc(CSc2nc3ccccc3c(=O)[nH]2)cs1. The number of nitrogens with zero attached hydrogens (tertiary/aromatic N) is 2. The van der Waals surface area contributed by atoms with Crippen molar-refractivity contribution in [3.63, 3.8) is 0 Å². The second-order valence-electron chi connectivity index (χ2n) is 4.73. The van der Waals surface area contributed by atoms with Crippen LogP contribution in [0, 0.1) is 0 Å². The minimum absolute atomic E-state index is 0.00218. The summed E-state index contributed by atoms with van der Waals surface area (Å²) >= 11 is 3.05. The summed E-state index contributed by atoms with van der Waals surface area (Å²) in [6.45, 7) is 1.97. The van der Waals surface area contributed by atoms with Crippen LogP contribution in [-0.2, 0) is 10.5 Å². The summed E-state index contributed by atoms with van der Waals surface area (Å²) in [7, 11) is 1.67. The van der Waals surface area contributed by atoms with Crippen LogP contribution in [0.4, 0.5) is 0 Å². The van der Waals surface area contributed by atoms with Crippen molar-refractivity contribution in [2.24, 2.45) is 0 Å². The number of methoxy groups -OCH3 is 1. The highest BCUT2D eigenvalue weighted by atomic mass is 32.2. The Morgan fingerprint density at radius 1 is 1.36 bits per heavy atom. The van der Waals surface area contributed by atoms with Crippen LogP contribution in [-0.4, -0.2) is 22.1 Å². The predicted octanol–water partition coefficient (Wildman–Crippen LogP) is 3.38. The maximum Gasteiger partial charge on any atom is 0.259 e. The summed E-state index contributed by atoms with van der Waals surface area (Å²) in [6, 6.07) is 7.33. The Morgan fingerprint density at radius 3 is 3.00 bits per heavy atom. The molecule has 22 heavy (non-hydrogen) atoms. The van der Waals surface area contributed by atoms with E-state index in [9.17, 15) is 4.79 Å². The molecule has 7 heteroatoms. The molecule has 0 fully saturated rings. The van der Waals surface area contributed by atoms with Gasteiger partial charge in [0.05, 0.1) is 16.6 Å². The van der Waals surface area contributed by atoms with Gasteiger partial charge in [-0.05, 0) is 19.1 Å². The molecular weight excluding hydrogens is 318 g/mol. The lowest BCUT2D eigenvalue weighted by Crippen LogP contribution is -2.08. The van der Waals surface area contributed by atoms with Crippen molar-refractivity contribution in [1.82, 2.24) is 15.0 Å². The Bertz CT molecular complexity index is 844. The quantitative estimate of drug-likeness (QED) is 0.573. The van der Waals surface area contributed by atoms with E-state index >= 15 is 0 Å². The first-order valence-electron chi connectivity index (χ1n) is 6.76. The lowest BCUT2D eigenvalue weighted by Gasteiger charge is -2.04. The number of hydrogen-bond donors (Lipinski definition) is 1. The molecule has 0 unspecified atom stereocenters. The number of thiazole rings is 1. The van der Waals surface area contributed by atoms with Crippen molar-refractivity contribution in [1.29, 1.82) is 0 Å². The number of H-pyrrole nitrogens is 1. The number of thioether (sulfide) groups is 1. The van der Waals surface area contributed by atoms with Crippen LogP contribution in [0.2, 0.25) is 0 Å². The van der Waals surface area contributed by atoms with Gasteiger partial charge in [-0.3, -0.25) is 4.79 Å². The Hall–Kier alpha value is -1.70. The molecule has 0 radical (unpaired) electrons. The first-order valence-corrected chi connectivity index (χ1v) is 8.63. The largest absolute Gasteiger partial charge is 0.375 e. The number of ether oxygens (including phenoxy) is 1. The second-order valence-corrected chi connectivity index (χ2v) is 6.59. The van der Waals surface area contributed by atoms with Gasteiger partial charge in [0.2, 0.25) is 0 Å². The Morgan fingerprint density at radius 2 is 2.18 bits per heavy atom. The lowest BCUT2D eigenvalue weighted by molar-refractivity contribution is 0.119. The molecular formula is C15H15N3O2S2. The predicted molar refractivity (Wildman–Crippen MR) is 89.5 cm³/mol.